The average Bonchev–Trinajstić information content (AvgIpc) is 2.38. The standard InChI is InChI=1S/C11H17N5O/c1-13-10(17)8-4-2-3-7-16(8)11-14-6-5-9(12)15-11/h5-6,8H,2-4,7H2,1H3,(H,13,17)(H2,12,14,15). The lowest BCUT2D eigenvalue weighted by molar-refractivity contribution is -0.122. The van der Waals surface area contributed by atoms with Crippen molar-refractivity contribution in [2.45, 2.75) is 25.3 Å². The van der Waals surface area contributed by atoms with Crippen LogP contribution in [0.5, 0.6) is 0 Å². The number of hydrogen-bond donors (Lipinski definition) is 2. The fourth-order valence-corrected chi connectivity index (χ4v) is 2.11. The number of likely N-dealkylation sites (N-methyl/N-ethyl adjacent to an activating group) is 1. The molecular formula is C11H17N5O. The van der Waals surface area contributed by atoms with E-state index >= 15 is 0 Å². The van der Waals surface area contributed by atoms with Crippen LogP contribution in [0.3, 0.4) is 0 Å². The van der Waals surface area contributed by atoms with Crippen LogP contribution in [-0.4, -0.2) is 35.5 Å². The van der Waals surface area contributed by atoms with E-state index in [0.717, 1.165) is 25.8 Å². The third-order valence-electron chi connectivity index (χ3n) is 2.97. The van der Waals surface area contributed by atoms with E-state index in [-0.39, 0.29) is 11.9 Å². The van der Waals surface area contributed by atoms with Gasteiger partial charge < -0.3 is 16.0 Å². The van der Waals surface area contributed by atoms with Crippen LogP contribution in [-0.2, 0) is 4.79 Å². The van der Waals surface area contributed by atoms with E-state index in [1.54, 1.807) is 19.3 Å². The maximum absolute atomic E-state index is 11.8. The summed E-state index contributed by atoms with van der Waals surface area (Å²) >= 11 is 0. The minimum Gasteiger partial charge on any atom is -0.384 e. The van der Waals surface area contributed by atoms with Crippen molar-refractivity contribution in [3.63, 3.8) is 0 Å². The molecule has 1 aromatic heterocycles. The van der Waals surface area contributed by atoms with Crippen LogP contribution in [0.4, 0.5) is 11.8 Å². The van der Waals surface area contributed by atoms with Crippen molar-refractivity contribution < 1.29 is 4.79 Å². The van der Waals surface area contributed by atoms with Crippen LogP contribution in [0.25, 0.3) is 0 Å². The fourth-order valence-electron chi connectivity index (χ4n) is 2.11. The van der Waals surface area contributed by atoms with Crippen molar-refractivity contribution in [3.8, 4) is 0 Å². The van der Waals surface area contributed by atoms with Gasteiger partial charge in [-0.05, 0) is 25.3 Å². The Hall–Kier alpha value is -1.85. The molecular weight excluding hydrogens is 218 g/mol. The number of anilines is 2. The first-order valence-electron chi connectivity index (χ1n) is 5.79. The number of piperidine rings is 1. The van der Waals surface area contributed by atoms with Gasteiger partial charge in [-0.25, -0.2) is 4.98 Å². The fraction of sp³-hybridized carbons (Fsp3) is 0.545. The molecule has 1 aliphatic rings. The number of nitrogens with two attached hydrogens (primary N) is 1. The number of rotatable bonds is 2. The maximum Gasteiger partial charge on any atom is 0.242 e. The van der Waals surface area contributed by atoms with Crippen molar-refractivity contribution in [1.29, 1.82) is 0 Å². The average molecular weight is 235 g/mol. The molecule has 0 aliphatic carbocycles. The highest BCUT2D eigenvalue weighted by molar-refractivity contribution is 5.84. The molecule has 1 atom stereocenters. The lowest BCUT2D eigenvalue weighted by atomic mass is 10.0. The van der Waals surface area contributed by atoms with E-state index in [1.165, 1.54) is 0 Å². The summed E-state index contributed by atoms with van der Waals surface area (Å²) in [5.41, 5.74) is 5.64. The van der Waals surface area contributed by atoms with Crippen LogP contribution in [0, 0.1) is 0 Å². The number of aromatic nitrogens is 2. The van der Waals surface area contributed by atoms with Crippen molar-refractivity contribution in [3.05, 3.63) is 12.3 Å². The molecule has 2 heterocycles. The molecule has 1 aliphatic heterocycles. The topological polar surface area (TPSA) is 84.1 Å². The first-order valence-corrected chi connectivity index (χ1v) is 5.79. The summed E-state index contributed by atoms with van der Waals surface area (Å²) in [6, 6.07) is 1.46. The van der Waals surface area contributed by atoms with Crippen LogP contribution >= 0.6 is 0 Å². The predicted octanol–water partition coefficient (Wildman–Crippen LogP) is 0.164. The number of amides is 1. The molecule has 6 nitrogen and oxygen atoms in total. The number of nitrogens with zero attached hydrogens (tertiary/aromatic N) is 3. The number of carbonyl (C=O) groups excluding carboxylic acids is 1. The number of hydrogen-bond acceptors (Lipinski definition) is 5. The lowest BCUT2D eigenvalue weighted by Crippen LogP contribution is -2.49. The number of nitrogen functional groups attached to an aromatic ring is 1. The van der Waals surface area contributed by atoms with E-state index in [9.17, 15) is 4.79 Å². The smallest absolute Gasteiger partial charge is 0.242 e. The van der Waals surface area contributed by atoms with Crippen LogP contribution < -0.4 is 16.0 Å². The zero-order valence-corrected chi connectivity index (χ0v) is 9.89. The second-order valence-electron chi connectivity index (χ2n) is 4.10. The highest BCUT2D eigenvalue weighted by atomic mass is 16.2. The summed E-state index contributed by atoms with van der Waals surface area (Å²) in [5.74, 6) is 0.977. The van der Waals surface area contributed by atoms with E-state index in [4.69, 9.17) is 5.73 Å². The Labute approximate surface area is 100 Å². The third-order valence-corrected chi connectivity index (χ3v) is 2.97. The third kappa shape index (κ3) is 2.46. The summed E-state index contributed by atoms with van der Waals surface area (Å²) in [5, 5.41) is 2.68. The first kappa shape index (κ1) is 11.6. The Morgan fingerprint density at radius 2 is 2.41 bits per heavy atom. The Balaban J connectivity index is 2.24. The zero-order valence-electron chi connectivity index (χ0n) is 9.89. The quantitative estimate of drug-likeness (QED) is 0.763. The molecule has 0 spiro atoms. The largest absolute Gasteiger partial charge is 0.384 e. The van der Waals surface area contributed by atoms with Gasteiger partial charge in [0, 0.05) is 19.8 Å². The van der Waals surface area contributed by atoms with Crippen molar-refractivity contribution in [1.82, 2.24) is 15.3 Å². The molecule has 1 fully saturated rings. The molecule has 2 rings (SSSR count). The molecule has 0 aromatic carbocycles. The van der Waals surface area contributed by atoms with E-state index in [1.807, 2.05) is 4.90 Å². The number of carbonyl (C=O) groups is 1. The second-order valence-corrected chi connectivity index (χ2v) is 4.10. The highest BCUT2D eigenvalue weighted by Crippen LogP contribution is 2.22. The molecule has 3 N–H and O–H groups in total. The summed E-state index contributed by atoms with van der Waals surface area (Å²) in [6.07, 6.45) is 4.55. The van der Waals surface area contributed by atoms with Gasteiger partial charge in [-0.2, -0.15) is 4.98 Å². The van der Waals surface area contributed by atoms with E-state index in [2.05, 4.69) is 15.3 Å². The van der Waals surface area contributed by atoms with Gasteiger partial charge in [-0.15, -0.1) is 0 Å². The molecule has 1 unspecified atom stereocenters. The molecule has 1 saturated heterocycles. The van der Waals surface area contributed by atoms with Crippen LogP contribution in [0.2, 0.25) is 0 Å². The SMILES string of the molecule is CNC(=O)C1CCCCN1c1nccc(N)n1. The Kier molecular flexibility index (Phi) is 3.41. The summed E-state index contributed by atoms with van der Waals surface area (Å²) in [6.45, 7) is 0.793. The van der Waals surface area contributed by atoms with Crippen molar-refractivity contribution in [2.75, 3.05) is 24.2 Å². The van der Waals surface area contributed by atoms with E-state index in [0.29, 0.717) is 11.8 Å². The lowest BCUT2D eigenvalue weighted by Gasteiger charge is -2.34. The van der Waals surface area contributed by atoms with Crippen molar-refractivity contribution >= 4 is 17.7 Å². The molecule has 6 heteroatoms. The van der Waals surface area contributed by atoms with Gasteiger partial charge in [0.1, 0.15) is 11.9 Å². The van der Waals surface area contributed by atoms with Gasteiger partial charge in [0.2, 0.25) is 11.9 Å². The predicted molar refractivity (Wildman–Crippen MR) is 65.5 cm³/mol. The Morgan fingerprint density at radius 3 is 3.12 bits per heavy atom. The van der Waals surface area contributed by atoms with Gasteiger partial charge in [0.15, 0.2) is 0 Å². The normalized spacial score (nSPS) is 20.1. The molecule has 0 radical (unpaired) electrons. The maximum atomic E-state index is 11.8. The zero-order chi connectivity index (χ0) is 12.3. The van der Waals surface area contributed by atoms with Gasteiger partial charge in [-0.3, -0.25) is 4.79 Å². The Morgan fingerprint density at radius 1 is 1.59 bits per heavy atom. The molecule has 92 valence electrons. The minimum absolute atomic E-state index is 0.00993. The summed E-state index contributed by atoms with van der Waals surface area (Å²) in [4.78, 5) is 22.1. The monoisotopic (exact) mass is 235 g/mol. The molecule has 0 saturated carbocycles. The van der Waals surface area contributed by atoms with Crippen LogP contribution in [0.15, 0.2) is 12.3 Å². The summed E-state index contributed by atoms with van der Waals surface area (Å²) in [7, 11) is 1.65. The second kappa shape index (κ2) is 4.99. The van der Waals surface area contributed by atoms with Crippen molar-refractivity contribution in [2.24, 2.45) is 0 Å². The van der Waals surface area contributed by atoms with Gasteiger partial charge in [-0.1, -0.05) is 0 Å². The van der Waals surface area contributed by atoms with Gasteiger partial charge in [0.05, 0.1) is 0 Å². The Bertz CT molecular complexity index is 409. The molecule has 0 bridgehead atoms. The minimum atomic E-state index is -0.185. The molecule has 17 heavy (non-hydrogen) atoms. The molecule has 1 aromatic rings. The van der Waals surface area contributed by atoms with E-state index < -0.39 is 0 Å². The number of nitrogens with one attached hydrogen (secondary N) is 1. The molecule has 1 amide bonds. The van der Waals surface area contributed by atoms with Gasteiger partial charge in [0.25, 0.3) is 0 Å². The summed E-state index contributed by atoms with van der Waals surface area (Å²) < 4.78 is 0. The van der Waals surface area contributed by atoms with Gasteiger partial charge >= 0.3 is 0 Å². The highest BCUT2D eigenvalue weighted by Gasteiger charge is 2.29. The first-order chi connectivity index (χ1) is 8.22. The van der Waals surface area contributed by atoms with Crippen LogP contribution in [0.1, 0.15) is 19.3 Å².